The van der Waals surface area contributed by atoms with E-state index in [0.717, 1.165) is 14.8 Å². The number of anilines is 1. The molecule has 0 saturated carbocycles. The number of hydrogen-bond donors (Lipinski definition) is 3. The highest BCUT2D eigenvalue weighted by molar-refractivity contribution is 14.1. The number of amides is 1. The van der Waals surface area contributed by atoms with E-state index >= 15 is 0 Å². The molecule has 0 aliphatic rings. The second-order valence-corrected chi connectivity index (χ2v) is 9.45. The number of aryl methyl sites for hydroxylation is 1. The predicted octanol–water partition coefficient (Wildman–Crippen LogP) is 5.01. The summed E-state index contributed by atoms with van der Waals surface area (Å²) in [4.78, 5) is 12.4. The molecule has 2 rings (SSSR count). The zero-order chi connectivity index (χ0) is 19.3. The predicted molar refractivity (Wildman–Crippen MR) is 121 cm³/mol. The van der Waals surface area contributed by atoms with Gasteiger partial charge in [-0.15, -0.1) is 0 Å². The minimum absolute atomic E-state index is 0.217. The van der Waals surface area contributed by atoms with E-state index < -0.39 is 9.96 Å². The topological polar surface area (TPSA) is 53.2 Å². The highest BCUT2D eigenvalue weighted by atomic mass is 127. The largest absolute Gasteiger partial charge is 0.339 e. The maximum atomic E-state index is 12.4. The number of carbonyl (C=O) groups is 1. The zero-order valence-electron chi connectivity index (χ0n) is 13.5. The van der Waals surface area contributed by atoms with Gasteiger partial charge >= 0.3 is 0 Å². The van der Waals surface area contributed by atoms with Gasteiger partial charge in [0.2, 0.25) is 3.79 Å². The molecule has 2 aromatic rings. The molecule has 0 radical (unpaired) electrons. The van der Waals surface area contributed by atoms with Gasteiger partial charge in [-0.25, -0.2) is 0 Å². The molecule has 0 bridgehead atoms. The fraction of sp³-hybridized carbons (Fsp3) is 0.176. The summed E-state index contributed by atoms with van der Waals surface area (Å²) in [7, 11) is 0. The van der Waals surface area contributed by atoms with Crippen LogP contribution in [-0.2, 0) is 0 Å². The van der Waals surface area contributed by atoms with Crippen LogP contribution in [-0.4, -0.2) is 21.0 Å². The molecule has 0 aliphatic carbocycles. The first-order valence-electron chi connectivity index (χ1n) is 7.42. The van der Waals surface area contributed by atoms with Gasteiger partial charge in [-0.3, -0.25) is 4.79 Å². The van der Waals surface area contributed by atoms with Gasteiger partial charge in [0.25, 0.3) is 5.91 Å². The molecule has 26 heavy (non-hydrogen) atoms. The Hall–Kier alpha value is -0.800. The molecule has 0 aromatic heterocycles. The summed E-state index contributed by atoms with van der Waals surface area (Å²) in [5.74, 6) is -0.386. The Labute approximate surface area is 186 Å². The Morgan fingerprint density at radius 2 is 1.77 bits per heavy atom. The molecule has 0 aliphatic heterocycles. The molecule has 0 saturated heterocycles. The summed E-state index contributed by atoms with van der Waals surface area (Å²) in [5.41, 5.74) is 2.31. The number of thiocarbonyl (C=S) groups is 1. The number of rotatable bonds is 4. The SMILES string of the molecule is Cc1cccc(NC(=S)N[C@@H](NC(=O)c2ccc(I)cc2)C(Cl)(Cl)Cl)c1. The monoisotopic (exact) mass is 541 g/mol. The fourth-order valence-corrected chi connectivity index (χ4v) is 2.96. The van der Waals surface area contributed by atoms with Gasteiger partial charge in [0.05, 0.1) is 0 Å². The van der Waals surface area contributed by atoms with Crippen LogP contribution in [0, 0.1) is 10.5 Å². The standard InChI is InChI=1S/C17H15Cl3IN3OS/c1-10-3-2-4-13(9-10)22-16(26)24-15(17(18,19)20)23-14(25)11-5-7-12(21)8-6-11/h2-9,15H,1H3,(H,23,25)(H2,22,24,26)/t15-/m1/s1. The molecular weight excluding hydrogens is 528 g/mol. The van der Waals surface area contributed by atoms with Crippen LogP contribution in [0.1, 0.15) is 15.9 Å². The molecule has 3 N–H and O–H groups in total. The molecule has 0 spiro atoms. The Balaban J connectivity index is 2.06. The van der Waals surface area contributed by atoms with Crippen molar-refractivity contribution in [1.82, 2.24) is 10.6 Å². The molecule has 0 heterocycles. The third-order valence-electron chi connectivity index (χ3n) is 3.26. The first kappa shape index (κ1) is 21.5. The Morgan fingerprint density at radius 1 is 1.12 bits per heavy atom. The van der Waals surface area contributed by atoms with Crippen LogP contribution in [0.5, 0.6) is 0 Å². The van der Waals surface area contributed by atoms with Crippen LogP contribution in [0.15, 0.2) is 48.5 Å². The number of nitrogens with one attached hydrogen (secondary N) is 3. The minimum Gasteiger partial charge on any atom is -0.339 e. The van der Waals surface area contributed by atoms with E-state index in [0.29, 0.717) is 5.56 Å². The quantitative estimate of drug-likeness (QED) is 0.220. The van der Waals surface area contributed by atoms with Crippen LogP contribution < -0.4 is 16.0 Å². The average Bonchev–Trinajstić information content (AvgIpc) is 2.53. The highest BCUT2D eigenvalue weighted by Gasteiger charge is 2.34. The summed E-state index contributed by atoms with van der Waals surface area (Å²) in [6.07, 6.45) is -1.02. The van der Waals surface area contributed by atoms with Gasteiger partial charge in [-0.1, -0.05) is 46.9 Å². The molecule has 1 atom stereocenters. The lowest BCUT2D eigenvalue weighted by molar-refractivity contribution is 0.0934. The number of benzene rings is 2. The van der Waals surface area contributed by atoms with Crippen LogP contribution in [0.4, 0.5) is 5.69 Å². The van der Waals surface area contributed by atoms with Crippen molar-refractivity contribution in [2.24, 2.45) is 0 Å². The first-order chi connectivity index (χ1) is 12.1. The van der Waals surface area contributed by atoms with Gasteiger partial charge in [0.1, 0.15) is 6.17 Å². The van der Waals surface area contributed by atoms with E-state index in [2.05, 4.69) is 38.5 Å². The van der Waals surface area contributed by atoms with Gasteiger partial charge in [0, 0.05) is 14.8 Å². The maximum absolute atomic E-state index is 12.4. The maximum Gasteiger partial charge on any atom is 0.252 e. The van der Waals surface area contributed by atoms with E-state index in [-0.39, 0.29) is 11.0 Å². The smallest absolute Gasteiger partial charge is 0.252 e. The lowest BCUT2D eigenvalue weighted by Crippen LogP contribution is -2.56. The van der Waals surface area contributed by atoms with E-state index in [4.69, 9.17) is 47.0 Å². The van der Waals surface area contributed by atoms with Crippen molar-refractivity contribution in [2.45, 2.75) is 16.9 Å². The molecular formula is C17H15Cl3IN3OS. The minimum atomic E-state index is -1.81. The second-order valence-electron chi connectivity index (χ2n) is 5.42. The van der Waals surface area contributed by atoms with Gasteiger partial charge in [-0.05, 0) is 83.7 Å². The number of carbonyl (C=O) groups excluding carboxylic acids is 1. The molecule has 0 fully saturated rings. The number of alkyl halides is 3. The van der Waals surface area contributed by atoms with E-state index in [1.807, 2.05) is 43.3 Å². The van der Waals surface area contributed by atoms with Gasteiger partial charge in [-0.2, -0.15) is 0 Å². The van der Waals surface area contributed by atoms with Crippen molar-refractivity contribution >= 4 is 86.3 Å². The van der Waals surface area contributed by atoms with Crippen molar-refractivity contribution in [1.29, 1.82) is 0 Å². The summed E-state index contributed by atoms with van der Waals surface area (Å²) in [5, 5.41) is 8.69. The van der Waals surface area contributed by atoms with Gasteiger partial charge in [0.15, 0.2) is 5.11 Å². The lowest BCUT2D eigenvalue weighted by Gasteiger charge is -2.27. The number of hydrogen-bond acceptors (Lipinski definition) is 2. The van der Waals surface area contributed by atoms with E-state index in [9.17, 15) is 4.79 Å². The number of halogens is 4. The third kappa shape index (κ3) is 6.74. The fourth-order valence-electron chi connectivity index (χ4n) is 2.04. The van der Waals surface area contributed by atoms with E-state index in [1.165, 1.54) is 0 Å². The lowest BCUT2D eigenvalue weighted by atomic mass is 10.2. The van der Waals surface area contributed by atoms with Crippen molar-refractivity contribution in [2.75, 3.05) is 5.32 Å². The molecule has 4 nitrogen and oxygen atoms in total. The summed E-state index contributed by atoms with van der Waals surface area (Å²) in [6, 6.07) is 14.6. The normalized spacial score (nSPS) is 12.2. The molecule has 2 aromatic carbocycles. The second kappa shape index (κ2) is 9.41. The Bertz CT molecular complexity index is 797. The summed E-state index contributed by atoms with van der Waals surface area (Å²) >= 11 is 25.4. The summed E-state index contributed by atoms with van der Waals surface area (Å²) < 4.78 is -0.796. The average molecular weight is 543 g/mol. The van der Waals surface area contributed by atoms with Gasteiger partial charge < -0.3 is 16.0 Å². The molecule has 138 valence electrons. The van der Waals surface area contributed by atoms with Crippen molar-refractivity contribution < 1.29 is 4.79 Å². The van der Waals surface area contributed by atoms with Crippen LogP contribution >= 0.6 is 69.6 Å². The first-order valence-corrected chi connectivity index (χ1v) is 10.0. The van der Waals surface area contributed by atoms with Crippen LogP contribution in [0.3, 0.4) is 0 Å². The van der Waals surface area contributed by atoms with Crippen molar-refractivity contribution in [3.05, 3.63) is 63.2 Å². The molecule has 1 amide bonds. The van der Waals surface area contributed by atoms with E-state index in [1.54, 1.807) is 12.1 Å². The molecule has 9 heteroatoms. The highest BCUT2D eigenvalue weighted by Crippen LogP contribution is 2.29. The Morgan fingerprint density at radius 3 is 2.35 bits per heavy atom. The van der Waals surface area contributed by atoms with Crippen LogP contribution in [0.25, 0.3) is 0 Å². The summed E-state index contributed by atoms with van der Waals surface area (Å²) in [6.45, 7) is 1.97. The molecule has 0 unspecified atom stereocenters. The Kier molecular flexibility index (Phi) is 7.78. The zero-order valence-corrected chi connectivity index (χ0v) is 18.8. The van der Waals surface area contributed by atoms with Crippen molar-refractivity contribution in [3.63, 3.8) is 0 Å². The van der Waals surface area contributed by atoms with Crippen LogP contribution in [0.2, 0.25) is 0 Å². The third-order valence-corrected chi connectivity index (χ3v) is 4.85. The van der Waals surface area contributed by atoms with Crippen molar-refractivity contribution in [3.8, 4) is 0 Å².